The molecule has 0 aromatic carbocycles. The molecule has 0 aliphatic rings. The minimum Gasteiger partial charge on any atom is -0.396 e. The fourth-order valence-corrected chi connectivity index (χ4v) is 1.93. The van der Waals surface area contributed by atoms with Crippen LogP contribution in [0.15, 0.2) is 0 Å². The average Bonchev–Trinajstić information content (AvgIpc) is 2.41. The topological polar surface area (TPSA) is 69.6 Å². The van der Waals surface area contributed by atoms with Crippen molar-refractivity contribution in [2.45, 2.75) is 52.4 Å². The van der Waals surface area contributed by atoms with Gasteiger partial charge in [-0.15, -0.1) is 0 Å². The summed E-state index contributed by atoms with van der Waals surface area (Å²) in [6.45, 7) is 5.28. The normalized spacial score (nSPS) is 10.1. The standard InChI is InChI=1S/C15H30N2O3.V/c1-13(2)15(20)17(3)11-7-5-4-6-9-14(19)16-10-8-12-18;/h13,18H,4-12H2,1-3H3,(H,16,19);. The van der Waals surface area contributed by atoms with Crippen LogP contribution in [0.2, 0.25) is 0 Å². The molecular formula is C15H30N2O3V. The third-order valence-corrected chi connectivity index (χ3v) is 3.17. The van der Waals surface area contributed by atoms with E-state index >= 15 is 0 Å². The Balaban J connectivity index is 0. The van der Waals surface area contributed by atoms with Gasteiger partial charge in [0.1, 0.15) is 0 Å². The summed E-state index contributed by atoms with van der Waals surface area (Å²) in [7, 11) is 1.84. The quantitative estimate of drug-likeness (QED) is 0.562. The molecule has 0 atom stereocenters. The molecule has 0 unspecified atom stereocenters. The molecule has 5 nitrogen and oxygen atoms in total. The number of carbonyl (C=O) groups is 2. The third kappa shape index (κ3) is 12.9. The van der Waals surface area contributed by atoms with E-state index < -0.39 is 0 Å². The van der Waals surface area contributed by atoms with Gasteiger partial charge in [0.25, 0.3) is 0 Å². The monoisotopic (exact) mass is 337 g/mol. The molecule has 0 aromatic heterocycles. The summed E-state index contributed by atoms with van der Waals surface area (Å²) in [5.41, 5.74) is 0. The predicted octanol–water partition coefficient (Wildman–Crippen LogP) is 1.55. The van der Waals surface area contributed by atoms with Crippen LogP contribution in [0.4, 0.5) is 0 Å². The van der Waals surface area contributed by atoms with E-state index in [2.05, 4.69) is 5.32 Å². The molecule has 6 heteroatoms. The van der Waals surface area contributed by atoms with Gasteiger partial charge in [0, 0.05) is 57.6 Å². The SMILES string of the molecule is CC(C)C(=O)N(C)CCCCCCC(=O)NCCCO.[V]. The summed E-state index contributed by atoms with van der Waals surface area (Å²) in [4.78, 5) is 24.8. The number of rotatable bonds is 11. The maximum Gasteiger partial charge on any atom is 0.224 e. The summed E-state index contributed by atoms with van der Waals surface area (Å²) in [6, 6.07) is 0. The number of carbonyl (C=O) groups excluding carboxylic acids is 2. The maximum atomic E-state index is 11.6. The maximum absolute atomic E-state index is 11.6. The number of hydrogen-bond donors (Lipinski definition) is 2. The molecule has 0 saturated carbocycles. The van der Waals surface area contributed by atoms with Gasteiger partial charge in [-0.2, -0.15) is 0 Å². The van der Waals surface area contributed by atoms with Gasteiger partial charge in [-0.05, 0) is 19.3 Å². The van der Waals surface area contributed by atoms with Crippen molar-refractivity contribution >= 4 is 11.8 Å². The Kier molecular flexibility index (Phi) is 15.6. The number of unbranched alkanes of at least 4 members (excludes halogenated alkanes) is 3. The number of hydrogen-bond acceptors (Lipinski definition) is 3. The summed E-state index contributed by atoms with van der Waals surface area (Å²) in [5.74, 6) is 0.307. The van der Waals surface area contributed by atoms with Gasteiger partial charge >= 0.3 is 0 Å². The van der Waals surface area contributed by atoms with E-state index in [-0.39, 0.29) is 42.9 Å². The van der Waals surface area contributed by atoms with E-state index in [1.807, 2.05) is 20.9 Å². The van der Waals surface area contributed by atoms with Crippen LogP contribution in [0.25, 0.3) is 0 Å². The number of amides is 2. The number of aliphatic hydroxyl groups is 1. The molecule has 123 valence electrons. The summed E-state index contributed by atoms with van der Waals surface area (Å²) < 4.78 is 0. The van der Waals surface area contributed by atoms with Gasteiger partial charge in [-0.1, -0.05) is 26.7 Å². The van der Waals surface area contributed by atoms with Crippen molar-refractivity contribution in [3.8, 4) is 0 Å². The Hall–Kier alpha value is -0.516. The van der Waals surface area contributed by atoms with E-state index in [9.17, 15) is 9.59 Å². The van der Waals surface area contributed by atoms with Gasteiger partial charge in [-0.25, -0.2) is 0 Å². The first-order valence-corrected chi connectivity index (χ1v) is 7.61. The van der Waals surface area contributed by atoms with Crippen LogP contribution in [0.3, 0.4) is 0 Å². The Bertz CT molecular complexity index is 286. The Morgan fingerprint density at radius 2 is 1.71 bits per heavy atom. The molecule has 0 fully saturated rings. The van der Waals surface area contributed by atoms with Gasteiger partial charge < -0.3 is 15.3 Å². The Morgan fingerprint density at radius 1 is 1.10 bits per heavy atom. The molecule has 0 heterocycles. The van der Waals surface area contributed by atoms with Crippen LogP contribution < -0.4 is 5.32 Å². The molecule has 0 bridgehead atoms. The fourth-order valence-electron chi connectivity index (χ4n) is 1.93. The second kappa shape index (κ2) is 14.4. The Labute approximate surface area is 140 Å². The summed E-state index contributed by atoms with van der Waals surface area (Å²) in [5, 5.41) is 11.4. The molecule has 0 saturated heterocycles. The number of nitrogens with zero attached hydrogens (tertiary/aromatic N) is 1. The molecule has 2 amide bonds. The minimum absolute atomic E-state index is 0. The van der Waals surface area contributed by atoms with Crippen molar-refractivity contribution in [3.63, 3.8) is 0 Å². The smallest absolute Gasteiger partial charge is 0.224 e. The zero-order chi connectivity index (χ0) is 15.4. The molecule has 0 aliphatic heterocycles. The van der Waals surface area contributed by atoms with E-state index in [1.54, 1.807) is 4.90 Å². The van der Waals surface area contributed by atoms with Crippen LogP contribution in [-0.4, -0.2) is 48.6 Å². The van der Waals surface area contributed by atoms with Crippen LogP contribution in [0.1, 0.15) is 52.4 Å². The van der Waals surface area contributed by atoms with Gasteiger partial charge in [0.15, 0.2) is 0 Å². The van der Waals surface area contributed by atoms with Crippen molar-refractivity contribution in [1.82, 2.24) is 10.2 Å². The first-order valence-electron chi connectivity index (χ1n) is 7.61. The second-order valence-corrected chi connectivity index (χ2v) is 5.51. The van der Waals surface area contributed by atoms with Crippen molar-refractivity contribution in [1.29, 1.82) is 0 Å². The van der Waals surface area contributed by atoms with Crippen molar-refractivity contribution < 1.29 is 33.3 Å². The van der Waals surface area contributed by atoms with Gasteiger partial charge in [0.05, 0.1) is 0 Å². The van der Waals surface area contributed by atoms with Crippen molar-refractivity contribution in [2.24, 2.45) is 5.92 Å². The van der Waals surface area contributed by atoms with Crippen molar-refractivity contribution in [3.05, 3.63) is 0 Å². The zero-order valence-electron chi connectivity index (χ0n) is 13.6. The number of nitrogens with one attached hydrogen (secondary N) is 1. The fraction of sp³-hybridized carbons (Fsp3) is 0.867. The Morgan fingerprint density at radius 3 is 2.29 bits per heavy atom. The largest absolute Gasteiger partial charge is 0.396 e. The van der Waals surface area contributed by atoms with Crippen molar-refractivity contribution in [2.75, 3.05) is 26.7 Å². The molecule has 0 spiro atoms. The molecule has 2 N–H and O–H groups in total. The summed E-state index contributed by atoms with van der Waals surface area (Å²) in [6.07, 6.45) is 5.08. The minimum atomic E-state index is 0. The van der Waals surface area contributed by atoms with E-state index in [0.29, 0.717) is 19.4 Å². The van der Waals surface area contributed by atoms with Gasteiger partial charge in [0.2, 0.25) is 11.8 Å². The number of aliphatic hydroxyl groups excluding tert-OH is 1. The van der Waals surface area contributed by atoms with Crippen LogP contribution in [0, 0.1) is 5.92 Å². The summed E-state index contributed by atoms with van der Waals surface area (Å²) >= 11 is 0. The first kappa shape index (κ1) is 22.8. The molecule has 0 aliphatic carbocycles. The first-order chi connectivity index (χ1) is 9.49. The average molecular weight is 337 g/mol. The molecular weight excluding hydrogens is 307 g/mol. The van der Waals surface area contributed by atoms with E-state index in [0.717, 1.165) is 32.2 Å². The second-order valence-electron chi connectivity index (χ2n) is 5.51. The molecule has 1 radical (unpaired) electrons. The molecule has 0 aromatic rings. The molecule has 21 heavy (non-hydrogen) atoms. The molecule has 0 rings (SSSR count). The van der Waals surface area contributed by atoms with Crippen LogP contribution in [0.5, 0.6) is 0 Å². The predicted molar refractivity (Wildman–Crippen MR) is 80.3 cm³/mol. The zero-order valence-corrected chi connectivity index (χ0v) is 15.0. The van der Waals surface area contributed by atoms with Crippen LogP contribution in [-0.2, 0) is 28.1 Å². The van der Waals surface area contributed by atoms with E-state index in [1.165, 1.54) is 0 Å². The van der Waals surface area contributed by atoms with Gasteiger partial charge in [-0.3, -0.25) is 9.59 Å². The van der Waals surface area contributed by atoms with E-state index in [4.69, 9.17) is 5.11 Å². The van der Waals surface area contributed by atoms with Crippen LogP contribution >= 0.6 is 0 Å². The third-order valence-electron chi connectivity index (χ3n) is 3.17.